The highest BCUT2D eigenvalue weighted by atomic mass is 35.5. The van der Waals surface area contributed by atoms with Crippen LogP contribution in [0.2, 0.25) is 5.02 Å². The molecule has 18 heavy (non-hydrogen) atoms. The van der Waals surface area contributed by atoms with Gasteiger partial charge in [0.2, 0.25) is 0 Å². The number of hydrogen-bond acceptors (Lipinski definition) is 3. The third-order valence-electron chi connectivity index (χ3n) is 2.44. The minimum absolute atomic E-state index is 0.00214. The molecule has 0 spiro atoms. The third-order valence-corrected chi connectivity index (χ3v) is 2.86. The number of aliphatic hydroxyl groups is 1. The van der Waals surface area contributed by atoms with Crippen LogP contribution < -0.4 is 10.1 Å². The van der Waals surface area contributed by atoms with E-state index in [2.05, 4.69) is 26.1 Å². The fourth-order valence-corrected chi connectivity index (χ4v) is 1.50. The predicted octanol–water partition coefficient (Wildman–Crippen LogP) is 2.78. The molecule has 0 bridgehead atoms. The van der Waals surface area contributed by atoms with Gasteiger partial charge in [0.15, 0.2) is 0 Å². The van der Waals surface area contributed by atoms with Crippen LogP contribution in [-0.2, 0) is 0 Å². The number of halogens is 1. The molecule has 0 unspecified atom stereocenters. The Morgan fingerprint density at radius 1 is 1.39 bits per heavy atom. The van der Waals surface area contributed by atoms with Crippen molar-refractivity contribution in [1.82, 2.24) is 5.32 Å². The van der Waals surface area contributed by atoms with Crippen LogP contribution in [-0.4, -0.2) is 29.9 Å². The van der Waals surface area contributed by atoms with E-state index in [9.17, 15) is 5.11 Å². The molecule has 1 atom stereocenters. The van der Waals surface area contributed by atoms with Crippen molar-refractivity contribution >= 4 is 11.6 Å². The zero-order chi connectivity index (χ0) is 13.8. The summed E-state index contributed by atoms with van der Waals surface area (Å²) in [5.74, 6) is 0.728. The largest absolute Gasteiger partial charge is 0.491 e. The van der Waals surface area contributed by atoms with Crippen molar-refractivity contribution in [3.8, 4) is 5.75 Å². The first kappa shape index (κ1) is 15.3. The minimum atomic E-state index is -0.528. The van der Waals surface area contributed by atoms with E-state index in [4.69, 9.17) is 16.3 Å². The number of aryl methyl sites for hydroxylation is 1. The average Bonchev–Trinajstić information content (AvgIpc) is 2.27. The molecular weight excluding hydrogens is 250 g/mol. The summed E-state index contributed by atoms with van der Waals surface area (Å²) in [5.41, 5.74) is 0.967. The summed E-state index contributed by atoms with van der Waals surface area (Å²) in [5, 5.41) is 13.7. The summed E-state index contributed by atoms with van der Waals surface area (Å²) in [7, 11) is 0. The Balaban J connectivity index is 2.38. The van der Waals surface area contributed by atoms with E-state index in [-0.39, 0.29) is 12.1 Å². The fourth-order valence-electron chi connectivity index (χ4n) is 1.38. The van der Waals surface area contributed by atoms with E-state index < -0.39 is 6.10 Å². The molecule has 1 rings (SSSR count). The summed E-state index contributed by atoms with van der Waals surface area (Å²) in [6.07, 6.45) is -0.528. The van der Waals surface area contributed by atoms with Gasteiger partial charge in [0.05, 0.1) is 0 Å². The van der Waals surface area contributed by atoms with Crippen molar-refractivity contribution in [3.05, 3.63) is 28.8 Å². The van der Waals surface area contributed by atoms with Gasteiger partial charge in [-0.15, -0.1) is 0 Å². The number of hydrogen-bond donors (Lipinski definition) is 2. The van der Waals surface area contributed by atoms with E-state index in [0.29, 0.717) is 6.54 Å². The number of benzene rings is 1. The highest BCUT2D eigenvalue weighted by Gasteiger charge is 2.12. The van der Waals surface area contributed by atoms with Crippen LogP contribution in [0.5, 0.6) is 5.75 Å². The van der Waals surface area contributed by atoms with Gasteiger partial charge in [-0.1, -0.05) is 11.6 Å². The quantitative estimate of drug-likeness (QED) is 0.865. The maximum atomic E-state index is 9.78. The lowest BCUT2D eigenvalue weighted by Gasteiger charge is -2.23. The normalized spacial score (nSPS) is 13.4. The van der Waals surface area contributed by atoms with Crippen LogP contribution in [0.15, 0.2) is 18.2 Å². The Kier molecular flexibility index (Phi) is 5.45. The molecule has 0 aliphatic rings. The summed E-state index contributed by atoms with van der Waals surface area (Å²) in [6.45, 7) is 8.88. The molecule has 1 aromatic carbocycles. The van der Waals surface area contributed by atoms with Gasteiger partial charge < -0.3 is 15.2 Å². The van der Waals surface area contributed by atoms with Crippen molar-refractivity contribution in [3.63, 3.8) is 0 Å². The van der Waals surface area contributed by atoms with Crippen molar-refractivity contribution in [1.29, 1.82) is 0 Å². The first-order valence-corrected chi connectivity index (χ1v) is 6.48. The first-order valence-electron chi connectivity index (χ1n) is 6.10. The molecule has 0 saturated heterocycles. The van der Waals surface area contributed by atoms with Gasteiger partial charge in [-0.2, -0.15) is 0 Å². The van der Waals surface area contributed by atoms with Crippen molar-refractivity contribution in [2.24, 2.45) is 0 Å². The van der Waals surface area contributed by atoms with Gasteiger partial charge in [-0.05, 0) is 51.5 Å². The molecule has 0 aliphatic heterocycles. The molecule has 0 aromatic heterocycles. The summed E-state index contributed by atoms with van der Waals surface area (Å²) >= 11 is 5.93. The van der Waals surface area contributed by atoms with Crippen LogP contribution in [0.3, 0.4) is 0 Å². The monoisotopic (exact) mass is 271 g/mol. The zero-order valence-corrected chi connectivity index (χ0v) is 12.2. The molecule has 4 heteroatoms. The Morgan fingerprint density at radius 3 is 2.61 bits per heavy atom. The molecule has 0 aliphatic carbocycles. The summed E-state index contributed by atoms with van der Waals surface area (Å²) in [4.78, 5) is 0. The molecule has 1 aromatic rings. The topological polar surface area (TPSA) is 41.5 Å². The third kappa shape index (κ3) is 5.71. The van der Waals surface area contributed by atoms with Gasteiger partial charge in [0.1, 0.15) is 18.5 Å². The molecule has 3 nitrogen and oxygen atoms in total. The second kappa shape index (κ2) is 6.41. The van der Waals surface area contributed by atoms with E-state index in [1.165, 1.54) is 0 Å². The number of aliphatic hydroxyl groups excluding tert-OH is 1. The highest BCUT2D eigenvalue weighted by molar-refractivity contribution is 6.31. The van der Waals surface area contributed by atoms with Gasteiger partial charge in [-0.25, -0.2) is 0 Å². The minimum Gasteiger partial charge on any atom is -0.491 e. The maximum absolute atomic E-state index is 9.78. The standard InChI is InChI=1S/C14H22ClNO2/c1-10-7-12(5-6-13(10)15)18-9-11(17)8-16-14(2,3)4/h5-7,11,16-17H,8-9H2,1-4H3/t11-/m0/s1. The Morgan fingerprint density at radius 2 is 2.06 bits per heavy atom. The molecule has 0 amide bonds. The molecule has 0 saturated carbocycles. The average molecular weight is 272 g/mol. The number of ether oxygens (including phenoxy) is 1. The van der Waals surface area contributed by atoms with Gasteiger partial charge in [-0.3, -0.25) is 0 Å². The van der Waals surface area contributed by atoms with Gasteiger partial charge in [0, 0.05) is 17.1 Å². The van der Waals surface area contributed by atoms with E-state index in [0.717, 1.165) is 16.3 Å². The molecule has 0 radical (unpaired) electrons. The van der Waals surface area contributed by atoms with Crippen LogP contribution in [0, 0.1) is 6.92 Å². The van der Waals surface area contributed by atoms with E-state index in [1.807, 2.05) is 13.0 Å². The second-order valence-electron chi connectivity index (χ2n) is 5.51. The molecule has 0 fully saturated rings. The smallest absolute Gasteiger partial charge is 0.119 e. The van der Waals surface area contributed by atoms with E-state index in [1.54, 1.807) is 12.1 Å². The number of nitrogens with one attached hydrogen (secondary N) is 1. The highest BCUT2D eigenvalue weighted by Crippen LogP contribution is 2.21. The van der Waals surface area contributed by atoms with Crippen LogP contribution in [0.25, 0.3) is 0 Å². The zero-order valence-electron chi connectivity index (χ0n) is 11.5. The first-order chi connectivity index (χ1) is 8.28. The van der Waals surface area contributed by atoms with E-state index >= 15 is 0 Å². The predicted molar refractivity (Wildman–Crippen MR) is 75.4 cm³/mol. The van der Waals surface area contributed by atoms with Crippen LogP contribution in [0.1, 0.15) is 26.3 Å². The lowest BCUT2D eigenvalue weighted by atomic mass is 10.1. The molecule has 2 N–H and O–H groups in total. The maximum Gasteiger partial charge on any atom is 0.119 e. The number of rotatable bonds is 5. The molecule has 0 heterocycles. The second-order valence-corrected chi connectivity index (χ2v) is 5.91. The van der Waals surface area contributed by atoms with Crippen molar-refractivity contribution < 1.29 is 9.84 Å². The Labute approximate surface area is 114 Å². The Hall–Kier alpha value is -0.770. The Bertz CT molecular complexity index is 388. The van der Waals surface area contributed by atoms with Crippen molar-refractivity contribution in [2.45, 2.75) is 39.3 Å². The summed E-state index contributed by atoms with van der Waals surface area (Å²) < 4.78 is 5.52. The fraction of sp³-hybridized carbons (Fsp3) is 0.571. The van der Waals surface area contributed by atoms with Crippen LogP contribution >= 0.6 is 11.6 Å². The van der Waals surface area contributed by atoms with Crippen molar-refractivity contribution in [2.75, 3.05) is 13.2 Å². The summed E-state index contributed by atoms with van der Waals surface area (Å²) in [6, 6.07) is 5.47. The van der Waals surface area contributed by atoms with Gasteiger partial charge in [0.25, 0.3) is 0 Å². The molecule has 102 valence electrons. The van der Waals surface area contributed by atoms with Crippen LogP contribution in [0.4, 0.5) is 0 Å². The lowest BCUT2D eigenvalue weighted by molar-refractivity contribution is 0.100. The molecular formula is C14H22ClNO2. The number of β-amino-alcohol motifs (C(OH)–C–C–N with tert-alkyl or cyclic N) is 1. The SMILES string of the molecule is Cc1cc(OC[C@@H](O)CNC(C)(C)C)ccc1Cl. The van der Waals surface area contributed by atoms with Gasteiger partial charge >= 0.3 is 0 Å². The lowest BCUT2D eigenvalue weighted by Crippen LogP contribution is -2.42.